The van der Waals surface area contributed by atoms with Crippen LogP contribution in [0.15, 0.2) is 42.5 Å². The van der Waals surface area contributed by atoms with Crippen molar-refractivity contribution in [2.75, 3.05) is 26.0 Å². The first-order valence-electron chi connectivity index (χ1n) is 7.93. The number of amides is 1. The van der Waals surface area contributed by atoms with Gasteiger partial charge in [-0.15, -0.1) is 0 Å². The van der Waals surface area contributed by atoms with Gasteiger partial charge in [0, 0.05) is 45.0 Å². The Kier molecular flexibility index (Phi) is 5.93. The van der Waals surface area contributed by atoms with E-state index in [1.165, 1.54) is 6.07 Å². The van der Waals surface area contributed by atoms with Crippen LogP contribution in [0.3, 0.4) is 0 Å². The van der Waals surface area contributed by atoms with E-state index in [9.17, 15) is 9.18 Å². The molecule has 0 heterocycles. The first-order chi connectivity index (χ1) is 11.4. The summed E-state index contributed by atoms with van der Waals surface area (Å²) in [6, 6.07) is 12.4. The zero-order chi connectivity index (χ0) is 17.7. The summed E-state index contributed by atoms with van der Waals surface area (Å²) < 4.78 is 13.5. The highest BCUT2D eigenvalue weighted by Crippen LogP contribution is 2.26. The average Bonchev–Trinajstić information content (AvgIpc) is 2.59. The molecule has 4 nitrogen and oxygen atoms in total. The molecule has 2 N–H and O–H groups in total. The second-order valence-corrected chi connectivity index (χ2v) is 5.98. The summed E-state index contributed by atoms with van der Waals surface area (Å²) in [6.45, 7) is 2.67. The molecule has 2 aromatic carbocycles. The largest absolute Gasteiger partial charge is 0.377 e. The lowest BCUT2D eigenvalue weighted by molar-refractivity contribution is 0.0963. The van der Waals surface area contributed by atoms with Crippen LogP contribution in [0, 0.1) is 5.82 Å². The average molecular weight is 329 g/mol. The number of anilines is 1. The topological polar surface area (TPSA) is 44.4 Å². The number of nitrogens with zero attached hydrogens (tertiary/aromatic N) is 1. The van der Waals surface area contributed by atoms with Gasteiger partial charge in [0.1, 0.15) is 5.82 Å². The quantitative estimate of drug-likeness (QED) is 0.856. The van der Waals surface area contributed by atoms with Crippen LogP contribution >= 0.6 is 0 Å². The molecule has 24 heavy (non-hydrogen) atoms. The maximum atomic E-state index is 13.5. The summed E-state index contributed by atoms with van der Waals surface area (Å²) in [5.74, 6) is -0.341. The van der Waals surface area contributed by atoms with Crippen LogP contribution in [0.2, 0.25) is 0 Å². The second-order valence-electron chi connectivity index (χ2n) is 5.98. The molecule has 0 aliphatic rings. The minimum Gasteiger partial charge on any atom is -0.377 e. The summed E-state index contributed by atoms with van der Waals surface area (Å²) in [5.41, 5.74) is 3.55. The molecule has 1 amide bonds. The molecule has 2 rings (SSSR count). The van der Waals surface area contributed by atoms with Gasteiger partial charge < -0.3 is 15.5 Å². The Balaban J connectivity index is 2.11. The molecule has 0 radical (unpaired) electrons. The Morgan fingerprint density at radius 2 is 1.96 bits per heavy atom. The predicted molar refractivity (Wildman–Crippen MR) is 95.8 cm³/mol. The molecule has 0 spiro atoms. The highest BCUT2D eigenvalue weighted by atomic mass is 19.1. The van der Waals surface area contributed by atoms with Crippen LogP contribution in [-0.2, 0) is 6.54 Å². The number of hydrogen-bond acceptors (Lipinski definition) is 3. The summed E-state index contributed by atoms with van der Waals surface area (Å²) in [6.07, 6.45) is 0. The molecule has 5 heteroatoms. The van der Waals surface area contributed by atoms with E-state index in [0.717, 1.165) is 16.8 Å². The lowest BCUT2D eigenvalue weighted by atomic mass is 10.0. The van der Waals surface area contributed by atoms with Gasteiger partial charge in [-0.25, -0.2) is 4.39 Å². The zero-order valence-electron chi connectivity index (χ0n) is 14.6. The minimum absolute atomic E-state index is 0.0478. The Morgan fingerprint density at radius 1 is 1.21 bits per heavy atom. The third kappa shape index (κ3) is 4.32. The van der Waals surface area contributed by atoms with E-state index in [-0.39, 0.29) is 17.8 Å². The zero-order valence-corrected chi connectivity index (χ0v) is 14.6. The third-order valence-electron chi connectivity index (χ3n) is 3.97. The number of hydrogen-bond donors (Lipinski definition) is 2. The van der Waals surface area contributed by atoms with E-state index < -0.39 is 0 Å². The number of nitrogens with one attached hydrogen (secondary N) is 2. The number of carbonyl (C=O) groups is 1. The Labute approximate surface area is 142 Å². The fourth-order valence-corrected chi connectivity index (χ4v) is 2.62. The smallest absolute Gasteiger partial charge is 0.251 e. The van der Waals surface area contributed by atoms with Crippen molar-refractivity contribution in [1.82, 2.24) is 10.6 Å². The molecule has 0 aromatic heterocycles. The van der Waals surface area contributed by atoms with E-state index in [4.69, 9.17) is 0 Å². The van der Waals surface area contributed by atoms with E-state index >= 15 is 0 Å². The molecular formula is C19H24FN3O. The molecular weight excluding hydrogens is 305 g/mol. The summed E-state index contributed by atoms with van der Waals surface area (Å²) in [5, 5.41) is 6.06. The number of benzene rings is 2. The van der Waals surface area contributed by atoms with Gasteiger partial charge in [0.25, 0.3) is 5.91 Å². The molecule has 1 atom stereocenters. The molecule has 0 aliphatic carbocycles. The molecule has 0 saturated heterocycles. The van der Waals surface area contributed by atoms with Gasteiger partial charge in [-0.2, -0.15) is 0 Å². The molecule has 128 valence electrons. The minimum atomic E-state index is -0.243. The SMILES string of the molecule is CNC(=O)c1cccc(CNC(C)c2ccc(F)cc2N(C)C)c1. The van der Waals surface area contributed by atoms with Crippen molar-refractivity contribution in [2.24, 2.45) is 0 Å². The van der Waals surface area contributed by atoms with Gasteiger partial charge in [0.2, 0.25) is 0 Å². The number of halogens is 1. The molecule has 1 unspecified atom stereocenters. The highest BCUT2D eigenvalue weighted by molar-refractivity contribution is 5.94. The lowest BCUT2D eigenvalue weighted by Gasteiger charge is -2.22. The van der Waals surface area contributed by atoms with Crippen LogP contribution in [0.25, 0.3) is 0 Å². The van der Waals surface area contributed by atoms with Crippen LogP contribution < -0.4 is 15.5 Å². The molecule has 0 bridgehead atoms. The molecule has 0 saturated carbocycles. The van der Waals surface area contributed by atoms with Crippen molar-refractivity contribution < 1.29 is 9.18 Å². The molecule has 0 aliphatic heterocycles. The van der Waals surface area contributed by atoms with Crippen LogP contribution in [-0.4, -0.2) is 27.1 Å². The number of carbonyl (C=O) groups excluding carboxylic acids is 1. The van der Waals surface area contributed by atoms with Crippen molar-refractivity contribution in [2.45, 2.75) is 19.5 Å². The maximum Gasteiger partial charge on any atom is 0.251 e. The summed E-state index contributed by atoms with van der Waals surface area (Å²) >= 11 is 0. The summed E-state index contributed by atoms with van der Waals surface area (Å²) in [4.78, 5) is 13.6. The Hall–Kier alpha value is -2.40. The van der Waals surface area contributed by atoms with Gasteiger partial charge in [-0.3, -0.25) is 4.79 Å². The Morgan fingerprint density at radius 3 is 2.62 bits per heavy atom. The van der Waals surface area contributed by atoms with Crippen LogP contribution in [0.5, 0.6) is 0 Å². The van der Waals surface area contributed by atoms with Gasteiger partial charge >= 0.3 is 0 Å². The third-order valence-corrected chi connectivity index (χ3v) is 3.97. The Bertz CT molecular complexity index is 716. The fraction of sp³-hybridized carbons (Fsp3) is 0.316. The molecule has 0 fully saturated rings. The van der Waals surface area contributed by atoms with Gasteiger partial charge in [0.15, 0.2) is 0 Å². The fourth-order valence-electron chi connectivity index (χ4n) is 2.62. The standard InChI is InChI=1S/C19H24FN3O/c1-13(17-9-8-16(20)11-18(17)23(3)4)22-12-14-6-5-7-15(10-14)19(24)21-2/h5-11,13,22H,12H2,1-4H3,(H,21,24). The van der Waals surface area contributed by atoms with Crippen LogP contribution in [0.1, 0.15) is 34.5 Å². The normalized spacial score (nSPS) is 11.9. The van der Waals surface area contributed by atoms with Crippen molar-refractivity contribution in [1.29, 1.82) is 0 Å². The van der Waals surface area contributed by atoms with Crippen molar-refractivity contribution >= 4 is 11.6 Å². The maximum absolute atomic E-state index is 13.5. The van der Waals surface area contributed by atoms with E-state index in [2.05, 4.69) is 10.6 Å². The monoisotopic (exact) mass is 329 g/mol. The van der Waals surface area contributed by atoms with Gasteiger partial charge in [-0.1, -0.05) is 18.2 Å². The van der Waals surface area contributed by atoms with Crippen LogP contribution in [0.4, 0.5) is 10.1 Å². The predicted octanol–water partition coefficient (Wildman–Crippen LogP) is 3.10. The van der Waals surface area contributed by atoms with Gasteiger partial charge in [-0.05, 0) is 42.3 Å². The first-order valence-corrected chi connectivity index (χ1v) is 7.93. The van der Waals surface area contributed by atoms with E-state index in [1.807, 2.05) is 50.2 Å². The lowest BCUT2D eigenvalue weighted by Crippen LogP contribution is -2.22. The number of rotatable bonds is 6. The van der Waals surface area contributed by atoms with Crippen molar-refractivity contribution in [3.05, 3.63) is 65.0 Å². The van der Waals surface area contributed by atoms with Crippen molar-refractivity contribution in [3.8, 4) is 0 Å². The first kappa shape index (κ1) is 17.9. The van der Waals surface area contributed by atoms with Crippen molar-refractivity contribution in [3.63, 3.8) is 0 Å². The second kappa shape index (κ2) is 7.93. The molecule has 2 aromatic rings. The van der Waals surface area contributed by atoms with E-state index in [0.29, 0.717) is 12.1 Å². The van der Waals surface area contributed by atoms with E-state index in [1.54, 1.807) is 19.2 Å². The highest BCUT2D eigenvalue weighted by Gasteiger charge is 2.13. The van der Waals surface area contributed by atoms with Gasteiger partial charge in [0.05, 0.1) is 0 Å². The summed E-state index contributed by atoms with van der Waals surface area (Å²) in [7, 11) is 5.42.